The van der Waals surface area contributed by atoms with Gasteiger partial charge in [-0.05, 0) is 32.0 Å². The number of ether oxygens (including phenoxy) is 1. The van der Waals surface area contributed by atoms with Gasteiger partial charge in [-0.25, -0.2) is 0 Å². The molecule has 1 saturated heterocycles. The van der Waals surface area contributed by atoms with Crippen molar-refractivity contribution < 1.29 is 4.74 Å². The van der Waals surface area contributed by atoms with Crippen molar-refractivity contribution in [1.29, 1.82) is 0 Å². The van der Waals surface area contributed by atoms with Crippen molar-refractivity contribution in [2.24, 2.45) is 0 Å². The average Bonchev–Trinajstić information content (AvgIpc) is 2.85. The van der Waals surface area contributed by atoms with Gasteiger partial charge in [0, 0.05) is 55.9 Å². The first-order valence-corrected chi connectivity index (χ1v) is 7.80. The largest absolute Gasteiger partial charge is 0.497 e. The van der Waals surface area contributed by atoms with E-state index in [-0.39, 0.29) is 0 Å². The van der Waals surface area contributed by atoms with Gasteiger partial charge < -0.3 is 14.6 Å². The predicted molar refractivity (Wildman–Crippen MR) is 87.0 cm³/mol. The van der Waals surface area contributed by atoms with E-state index >= 15 is 0 Å². The van der Waals surface area contributed by atoms with Gasteiger partial charge in [-0.2, -0.15) is 0 Å². The van der Waals surface area contributed by atoms with Crippen LogP contribution in [0.2, 0.25) is 0 Å². The first-order valence-electron chi connectivity index (χ1n) is 7.80. The molecule has 1 N–H and O–H groups in total. The normalized spacial score (nSPS) is 16.8. The molecule has 4 heteroatoms. The second-order valence-corrected chi connectivity index (χ2v) is 6.05. The number of fused-ring (bicyclic) bond motifs is 1. The summed E-state index contributed by atoms with van der Waals surface area (Å²) in [4.78, 5) is 2.53. The van der Waals surface area contributed by atoms with Crippen LogP contribution in [-0.4, -0.2) is 42.8 Å². The molecule has 21 heavy (non-hydrogen) atoms. The molecule has 2 aromatic rings. The van der Waals surface area contributed by atoms with E-state index in [1.165, 1.54) is 16.6 Å². The molecule has 2 heterocycles. The summed E-state index contributed by atoms with van der Waals surface area (Å²) in [5.74, 6) is 0.927. The Hall–Kier alpha value is -1.52. The lowest BCUT2D eigenvalue weighted by molar-refractivity contribution is 0.227. The van der Waals surface area contributed by atoms with Gasteiger partial charge >= 0.3 is 0 Å². The zero-order valence-corrected chi connectivity index (χ0v) is 13.2. The highest BCUT2D eigenvalue weighted by molar-refractivity contribution is 5.83. The van der Waals surface area contributed by atoms with Crippen molar-refractivity contribution in [2.45, 2.75) is 26.4 Å². The summed E-state index contributed by atoms with van der Waals surface area (Å²) in [7, 11) is 1.73. The SMILES string of the molecule is COc1ccc2cc(CN3CCNCC3)n(C(C)C)c2c1. The summed E-state index contributed by atoms with van der Waals surface area (Å²) in [6, 6.07) is 9.14. The van der Waals surface area contributed by atoms with Gasteiger partial charge in [-0.3, -0.25) is 4.90 Å². The molecular formula is C17H25N3O. The molecule has 0 radical (unpaired) electrons. The number of hydrogen-bond acceptors (Lipinski definition) is 3. The van der Waals surface area contributed by atoms with Gasteiger partial charge in [0.1, 0.15) is 5.75 Å². The Morgan fingerprint density at radius 2 is 1.95 bits per heavy atom. The van der Waals surface area contributed by atoms with Crippen LogP contribution in [-0.2, 0) is 6.54 Å². The number of piperazine rings is 1. The Labute approximate surface area is 126 Å². The van der Waals surface area contributed by atoms with E-state index in [0.29, 0.717) is 6.04 Å². The minimum Gasteiger partial charge on any atom is -0.497 e. The van der Waals surface area contributed by atoms with Crippen molar-refractivity contribution >= 4 is 10.9 Å². The highest BCUT2D eigenvalue weighted by Crippen LogP contribution is 2.28. The van der Waals surface area contributed by atoms with Crippen LogP contribution in [0, 0.1) is 0 Å². The van der Waals surface area contributed by atoms with E-state index in [1.807, 2.05) is 6.07 Å². The second-order valence-electron chi connectivity index (χ2n) is 6.05. The number of methoxy groups -OCH3 is 1. The Balaban J connectivity index is 1.98. The van der Waals surface area contributed by atoms with Crippen LogP contribution in [0.25, 0.3) is 10.9 Å². The molecule has 1 fully saturated rings. The summed E-state index contributed by atoms with van der Waals surface area (Å²) in [5.41, 5.74) is 2.67. The summed E-state index contributed by atoms with van der Waals surface area (Å²) in [6.45, 7) is 9.97. The fraction of sp³-hybridized carbons (Fsp3) is 0.529. The number of benzene rings is 1. The summed E-state index contributed by atoms with van der Waals surface area (Å²) in [6.07, 6.45) is 0. The van der Waals surface area contributed by atoms with Crippen LogP contribution in [0.4, 0.5) is 0 Å². The van der Waals surface area contributed by atoms with E-state index in [1.54, 1.807) is 7.11 Å². The van der Waals surface area contributed by atoms with Crippen LogP contribution < -0.4 is 10.1 Å². The van der Waals surface area contributed by atoms with Gasteiger partial charge in [-0.15, -0.1) is 0 Å². The maximum absolute atomic E-state index is 5.38. The first-order chi connectivity index (χ1) is 10.2. The Morgan fingerprint density at radius 1 is 1.19 bits per heavy atom. The van der Waals surface area contributed by atoms with Crippen LogP contribution in [0.15, 0.2) is 24.3 Å². The van der Waals surface area contributed by atoms with Crippen LogP contribution >= 0.6 is 0 Å². The maximum Gasteiger partial charge on any atom is 0.120 e. The topological polar surface area (TPSA) is 29.4 Å². The van der Waals surface area contributed by atoms with Crippen molar-refractivity contribution in [1.82, 2.24) is 14.8 Å². The van der Waals surface area contributed by atoms with Gasteiger partial charge in [-0.1, -0.05) is 0 Å². The highest BCUT2D eigenvalue weighted by Gasteiger charge is 2.16. The summed E-state index contributed by atoms with van der Waals surface area (Å²) >= 11 is 0. The molecule has 1 aliphatic heterocycles. The monoisotopic (exact) mass is 287 g/mol. The van der Waals surface area contributed by atoms with Crippen molar-refractivity contribution in [3.05, 3.63) is 30.0 Å². The highest BCUT2D eigenvalue weighted by atomic mass is 16.5. The summed E-state index contributed by atoms with van der Waals surface area (Å²) in [5, 5.41) is 4.72. The molecule has 4 nitrogen and oxygen atoms in total. The third-order valence-electron chi connectivity index (χ3n) is 4.24. The molecule has 0 amide bonds. The lowest BCUT2D eigenvalue weighted by Gasteiger charge is -2.28. The number of rotatable bonds is 4. The predicted octanol–water partition coefficient (Wildman–Crippen LogP) is 2.64. The molecule has 0 unspecified atom stereocenters. The quantitative estimate of drug-likeness (QED) is 0.937. The lowest BCUT2D eigenvalue weighted by atomic mass is 10.2. The molecule has 0 spiro atoms. The fourth-order valence-corrected chi connectivity index (χ4v) is 3.21. The molecule has 0 saturated carbocycles. The van der Waals surface area contributed by atoms with E-state index in [4.69, 9.17) is 4.74 Å². The lowest BCUT2D eigenvalue weighted by Crippen LogP contribution is -2.43. The average molecular weight is 287 g/mol. The van der Waals surface area contributed by atoms with Gasteiger partial charge in [0.2, 0.25) is 0 Å². The minimum absolute atomic E-state index is 0.451. The van der Waals surface area contributed by atoms with E-state index in [9.17, 15) is 0 Å². The Kier molecular flexibility index (Phi) is 4.17. The fourth-order valence-electron chi connectivity index (χ4n) is 3.21. The molecule has 0 bridgehead atoms. The Bertz CT molecular complexity index is 612. The number of hydrogen-bond donors (Lipinski definition) is 1. The van der Waals surface area contributed by atoms with Gasteiger partial charge in [0.25, 0.3) is 0 Å². The molecule has 1 aromatic heterocycles. The molecular weight excluding hydrogens is 262 g/mol. The second kappa shape index (κ2) is 6.08. The Morgan fingerprint density at radius 3 is 2.62 bits per heavy atom. The van der Waals surface area contributed by atoms with E-state index < -0.39 is 0 Å². The van der Waals surface area contributed by atoms with Crippen molar-refractivity contribution in [2.75, 3.05) is 33.3 Å². The van der Waals surface area contributed by atoms with Crippen LogP contribution in [0.5, 0.6) is 5.75 Å². The third-order valence-corrected chi connectivity index (χ3v) is 4.24. The molecule has 1 aromatic carbocycles. The zero-order valence-electron chi connectivity index (χ0n) is 13.2. The molecule has 0 aliphatic carbocycles. The number of nitrogens with zero attached hydrogens (tertiary/aromatic N) is 2. The van der Waals surface area contributed by atoms with Gasteiger partial charge in [0.15, 0.2) is 0 Å². The zero-order chi connectivity index (χ0) is 14.8. The standard InChI is InChI=1S/C17H25N3O/c1-13(2)20-15(12-19-8-6-18-7-9-19)10-14-4-5-16(21-3)11-17(14)20/h4-5,10-11,13,18H,6-9,12H2,1-3H3. The number of aromatic nitrogens is 1. The molecule has 1 aliphatic rings. The van der Waals surface area contributed by atoms with E-state index in [0.717, 1.165) is 38.5 Å². The van der Waals surface area contributed by atoms with Crippen molar-refractivity contribution in [3.63, 3.8) is 0 Å². The smallest absolute Gasteiger partial charge is 0.120 e. The van der Waals surface area contributed by atoms with Crippen LogP contribution in [0.3, 0.4) is 0 Å². The molecule has 0 atom stereocenters. The third kappa shape index (κ3) is 2.92. The van der Waals surface area contributed by atoms with Crippen molar-refractivity contribution in [3.8, 4) is 5.75 Å². The van der Waals surface area contributed by atoms with Crippen LogP contribution in [0.1, 0.15) is 25.6 Å². The van der Waals surface area contributed by atoms with E-state index in [2.05, 4.69) is 46.8 Å². The maximum atomic E-state index is 5.38. The minimum atomic E-state index is 0.451. The molecule has 114 valence electrons. The number of nitrogens with one attached hydrogen (secondary N) is 1. The van der Waals surface area contributed by atoms with Gasteiger partial charge in [0.05, 0.1) is 12.6 Å². The summed E-state index contributed by atoms with van der Waals surface area (Å²) < 4.78 is 7.83. The molecule has 3 rings (SSSR count). The first kappa shape index (κ1) is 14.4.